The number of carbonyl (C=O) groups is 1. The summed E-state index contributed by atoms with van der Waals surface area (Å²) in [5, 5.41) is 0. The number of hydrogen-bond donors (Lipinski definition) is 0. The van der Waals surface area contributed by atoms with E-state index >= 15 is 0 Å². The van der Waals surface area contributed by atoms with Crippen LogP contribution in [0.3, 0.4) is 0 Å². The number of ether oxygens (including phenoxy) is 1. The average molecular weight is 417 g/mol. The molecule has 0 fully saturated rings. The molecule has 0 unspecified atom stereocenters. The second kappa shape index (κ2) is 6.36. The summed E-state index contributed by atoms with van der Waals surface area (Å²) in [6.45, 7) is 0. The fraction of sp³-hybridized carbons (Fsp3) is 0.111. The summed E-state index contributed by atoms with van der Waals surface area (Å²) >= 11 is 3.29. The van der Waals surface area contributed by atoms with Crippen molar-refractivity contribution in [2.45, 2.75) is 0 Å². The summed E-state index contributed by atoms with van der Waals surface area (Å²) in [6.07, 6.45) is 1.82. The van der Waals surface area contributed by atoms with Gasteiger partial charge in [0.05, 0.1) is 7.11 Å². The van der Waals surface area contributed by atoms with Gasteiger partial charge in [0.1, 0.15) is 10.3 Å². The maximum Gasteiger partial charge on any atom is 0.359 e. The Morgan fingerprint density at radius 3 is 2.69 bits per heavy atom. The minimum Gasteiger partial charge on any atom is -0.464 e. The molecule has 2 aromatic heterocycles. The summed E-state index contributed by atoms with van der Waals surface area (Å²) in [7, 11) is 1.33. The molecule has 0 bridgehead atoms. The second-order valence-corrected chi connectivity index (χ2v) is 3.42. The predicted molar refractivity (Wildman–Crippen MR) is 74.9 cm³/mol. The van der Waals surface area contributed by atoms with E-state index in [0.29, 0.717) is 15.9 Å². The second-order valence-electron chi connectivity index (χ2n) is 2.67. The van der Waals surface area contributed by atoms with Crippen molar-refractivity contribution in [2.24, 2.45) is 0 Å². The largest absolute Gasteiger partial charge is 0.464 e. The van der Waals surface area contributed by atoms with E-state index in [1.165, 1.54) is 7.11 Å². The van der Waals surface area contributed by atoms with E-state index in [9.17, 15) is 4.79 Å². The minimum absolute atomic E-state index is 0. The molecule has 0 N–H and O–H groups in total. The summed E-state index contributed by atoms with van der Waals surface area (Å²) < 4.78 is 6.98. The number of fused-ring (bicyclic) bond motifs is 1. The van der Waals surface area contributed by atoms with Gasteiger partial charge in [-0.3, -0.25) is 4.40 Å². The van der Waals surface area contributed by atoms with Crippen LogP contribution in [0.15, 0.2) is 29.0 Å². The molecule has 0 aromatic carbocycles. The number of imidazole rings is 1. The molecule has 0 saturated carbocycles. The summed E-state index contributed by atoms with van der Waals surface area (Å²) in [6, 6.07) is 5.54. The van der Waals surface area contributed by atoms with Gasteiger partial charge in [-0.25, -0.2) is 9.78 Å². The highest BCUT2D eigenvalue weighted by Crippen LogP contribution is 2.19. The quantitative estimate of drug-likeness (QED) is 0.671. The van der Waals surface area contributed by atoms with Crippen LogP contribution in [0.4, 0.5) is 0 Å². The van der Waals surface area contributed by atoms with Crippen LogP contribution in [0.1, 0.15) is 10.5 Å². The molecule has 0 aliphatic heterocycles. The van der Waals surface area contributed by atoms with Gasteiger partial charge >= 0.3 is 5.97 Å². The Morgan fingerprint density at radius 2 is 2.12 bits per heavy atom. The SMILES string of the molecule is Br.Br.COC(=O)c1nc2ccccn2c1Br. The van der Waals surface area contributed by atoms with Gasteiger partial charge in [0.15, 0.2) is 5.69 Å². The van der Waals surface area contributed by atoms with E-state index in [1.807, 2.05) is 24.4 Å². The van der Waals surface area contributed by atoms with E-state index in [2.05, 4.69) is 25.7 Å². The van der Waals surface area contributed by atoms with Crippen LogP contribution in [0.25, 0.3) is 5.65 Å². The molecular weight excluding hydrogens is 408 g/mol. The number of hydrogen-bond acceptors (Lipinski definition) is 3. The van der Waals surface area contributed by atoms with Gasteiger partial charge in [0, 0.05) is 6.20 Å². The van der Waals surface area contributed by atoms with E-state index in [4.69, 9.17) is 0 Å². The van der Waals surface area contributed by atoms with E-state index in [-0.39, 0.29) is 34.0 Å². The summed E-state index contributed by atoms with van der Waals surface area (Å²) in [5.41, 5.74) is 0.999. The number of halogens is 3. The molecule has 0 spiro atoms. The predicted octanol–water partition coefficient (Wildman–Crippen LogP) is 3.04. The lowest BCUT2D eigenvalue weighted by Crippen LogP contribution is -2.02. The Kier molecular flexibility index (Phi) is 6.20. The van der Waals surface area contributed by atoms with Gasteiger partial charge in [-0.05, 0) is 28.1 Å². The van der Waals surface area contributed by atoms with Crippen LogP contribution in [0.5, 0.6) is 0 Å². The molecule has 2 rings (SSSR count). The van der Waals surface area contributed by atoms with Gasteiger partial charge in [0.25, 0.3) is 0 Å². The van der Waals surface area contributed by atoms with Crippen LogP contribution in [0, 0.1) is 0 Å². The average Bonchev–Trinajstić information content (AvgIpc) is 2.56. The first kappa shape index (κ1) is 15.6. The van der Waals surface area contributed by atoms with Crippen molar-refractivity contribution in [3.63, 3.8) is 0 Å². The van der Waals surface area contributed by atoms with Crippen molar-refractivity contribution in [1.29, 1.82) is 0 Å². The lowest BCUT2D eigenvalue weighted by Gasteiger charge is -1.94. The van der Waals surface area contributed by atoms with Gasteiger partial charge < -0.3 is 4.74 Å². The van der Waals surface area contributed by atoms with Crippen LogP contribution in [-0.2, 0) is 4.74 Å². The Bertz CT molecular complexity index is 498. The lowest BCUT2D eigenvalue weighted by molar-refractivity contribution is 0.0593. The molecule has 0 amide bonds. The molecule has 2 aromatic rings. The number of rotatable bonds is 1. The number of pyridine rings is 1. The molecule has 0 aliphatic rings. The van der Waals surface area contributed by atoms with E-state index in [0.717, 1.165) is 0 Å². The Hall–Kier alpha value is -0.400. The fourth-order valence-electron chi connectivity index (χ4n) is 1.19. The molecule has 0 aliphatic carbocycles. The van der Waals surface area contributed by atoms with Crippen molar-refractivity contribution >= 4 is 61.5 Å². The first-order chi connectivity index (χ1) is 6.74. The van der Waals surface area contributed by atoms with Gasteiger partial charge in [-0.1, -0.05) is 6.07 Å². The van der Waals surface area contributed by atoms with Gasteiger partial charge in [0.2, 0.25) is 0 Å². The number of aromatic nitrogens is 2. The fourth-order valence-corrected chi connectivity index (χ4v) is 1.74. The Labute approximate surface area is 122 Å². The maximum absolute atomic E-state index is 11.3. The number of carbonyl (C=O) groups excluding carboxylic acids is 1. The zero-order valence-electron chi connectivity index (χ0n) is 8.21. The van der Waals surface area contributed by atoms with Crippen LogP contribution < -0.4 is 0 Å². The Morgan fingerprint density at radius 1 is 1.44 bits per heavy atom. The molecule has 0 atom stereocenters. The third kappa shape index (κ3) is 2.64. The van der Waals surface area contributed by atoms with Gasteiger partial charge in [-0.2, -0.15) is 0 Å². The van der Waals surface area contributed by atoms with Crippen LogP contribution in [-0.4, -0.2) is 22.5 Å². The normalized spacial score (nSPS) is 9.12. The van der Waals surface area contributed by atoms with E-state index in [1.54, 1.807) is 4.40 Å². The molecule has 0 radical (unpaired) electrons. The first-order valence-corrected chi connectivity index (χ1v) is 4.74. The highest BCUT2D eigenvalue weighted by molar-refractivity contribution is 9.10. The molecule has 88 valence electrons. The zero-order valence-corrected chi connectivity index (χ0v) is 13.2. The van der Waals surface area contributed by atoms with Crippen molar-refractivity contribution in [1.82, 2.24) is 9.38 Å². The molecular formula is C9H9Br3N2O2. The first-order valence-electron chi connectivity index (χ1n) is 3.95. The molecule has 7 heteroatoms. The lowest BCUT2D eigenvalue weighted by atomic mass is 10.5. The van der Waals surface area contributed by atoms with Crippen molar-refractivity contribution in [2.75, 3.05) is 7.11 Å². The molecule has 4 nitrogen and oxygen atoms in total. The molecule has 2 heterocycles. The van der Waals surface area contributed by atoms with Crippen molar-refractivity contribution < 1.29 is 9.53 Å². The zero-order chi connectivity index (χ0) is 10.1. The maximum atomic E-state index is 11.3. The van der Waals surface area contributed by atoms with Crippen LogP contribution in [0.2, 0.25) is 0 Å². The summed E-state index contributed by atoms with van der Waals surface area (Å²) in [4.78, 5) is 15.4. The number of esters is 1. The van der Waals surface area contributed by atoms with E-state index < -0.39 is 5.97 Å². The standard InChI is InChI=1S/C9H7BrN2O2.2BrH/c1-14-9(13)7-8(10)12-5-3-2-4-6(12)11-7;;/h2-5H,1H3;2*1H. The highest BCUT2D eigenvalue weighted by Gasteiger charge is 2.16. The minimum atomic E-state index is -0.444. The third-order valence-electron chi connectivity index (χ3n) is 1.85. The monoisotopic (exact) mass is 414 g/mol. The number of nitrogens with zero attached hydrogens (tertiary/aromatic N) is 2. The molecule has 0 saturated heterocycles. The smallest absolute Gasteiger partial charge is 0.359 e. The topological polar surface area (TPSA) is 43.6 Å². The molecule has 16 heavy (non-hydrogen) atoms. The number of methoxy groups -OCH3 is 1. The van der Waals surface area contributed by atoms with Crippen molar-refractivity contribution in [3.05, 3.63) is 34.7 Å². The van der Waals surface area contributed by atoms with Crippen molar-refractivity contribution in [3.8, 4) is 0 Å². The Balaban J connectivity index is 0.00000112. The highest BCUT2D eigenvalue weighted by atomic mass is 79.9. The van der Waals surface area contributed by atoms with Gasteiger partial charge in [-0.15, -0.1) is 34.0 Å². The van der Waals surface area contributed by atoms with Crippen LogP contribution >= 0.6 is 49.9 Å². The summed E-state index contributed by atoms with van der Waals surface area (Å²) in [5.74, 6) is -0.444. The third-order valence-corrected chi connectivity index (χ3v) is 2.61.